The smallest absolute Gasteiger partial charge is 0.308 e. The van der Waals surface area contributed by atoms with Gasteiger partial charge >= 0.3 is 5.97 Å². The molecule has 0 bridgehead atoms. The highest BCUT2D eigenvalue weighted by Gasteiger charge is 2.62. The van der Waals surface area contributed by atoms with Crippen LogP contribution in [0.2, 0.25) is 0 Å². The predicted molar refractivity (Wildman–Crippen MR) is 64.8 cm³/mol. The van der Waals surface area contributed by atoms with Gasteiger partial charge in [0.05, 0.1) is 31.7 Å². The number of aliphatic hydroxyl groups is 1. The molecule has 2 rings (SSSR count). The Hall–Kier alpha value is -1.58. The van der Waals surface area contributed by atoms with Crippen LogP contribution >= 0.6 is 0 Å². The summed E-state index contributed by atoms with van der Waals surface area (Å²) in [6.07, 6.45) is -1.80. The molecule has 2 aliphatic heterocycles. The SMILES string of the molecule is CC#C[C@]12NC(=O)C1CO[C@@H](CC(=O)OCC)C2O. The van der Waals surface area contributed by atoms with Crippen LogP contribution in [0.25, 0.3) is 0 Å². The summed E-state index contributed by atoms with van der Waals surface area (Å²) >= 11 is 0. The summed E-state index contributed by atoms with van der Waals surface area (Å²) in [6, 6.07) is 0. The standard InChI is InChI=1S/C13H17NO5/c1-3-5-13-8(12(17)14-13)7-19-9(11(13)16)6-10(15)18-4-2/h8-9,11,16H,4,6-7H2,1-2H3,(H,14,17)/t8?,9-,11?,13-/m0/s1. The van der Waals surface area contributed by atoms with Crippen LogP contribution in [0, 0.1) is 17.8 Å². The Bertz CT molecular complexity index is 452. The van der Waals surface area contributed by atoms with Gasteiger partial charge in [-0.15, -0.1) is 5.92 Å². The van der Waals surface area contributed by atoms with Crippen LogP contribution < -0.4 is 5.32 Å². The van der Waals surface area contributed by atoms with E-state index in [-0.39, 0.29) is 25.5 Å². The highest BCUT2D eigenvalue weighted by Crippen LogP contribution is 2.38. The highest BCUT2D eigenvalue weighted by atomic mass is 16.5. The zero-order chi connectivity index (χ0) is 14.0. The first kappa shape index (κ1) is 13.8. The normalized spacial score (nSPS) is 36.2. The van der Waals surface area contributed by atoms with Gasteiger partial charge in [0, 0.05) is 0 Å². The molecule has 2 saturated heterocycles. The fourth-order valence-electron chi connectivity index (χ4n) is 2.55. The summed E-state index contributed by atoms with van der Waals surface area (Å²) in [5.74, 6) is 4.46. The average molecular weight is 267 g/mol. The lowest BCUT2D eigenvalue weighted by atomic mass is 9.69. The van der Waals surface area contributed by atoms with Crippen molar-refractivity contribution >= 4 is 11.9 Å². The third-order valence-electron chi connectivity index (χ3n) is 3.50. The van der Waals surface area contributed by atoms with Crippen LogP contribution in [-0.2, 0) is 19.1 Å². The van der Waals surface area contributed by atoms with E-state index in [1.54, 1.807) is 13.8 Å². The van der Waals surface area contributed by atoms with Crippen LogP contribution in [0.1, 0.15) is 20.3 Å². The Morgan fingerprint density at radius 3 is 3.00 bits per heavy atom. The Morgan fingerprint density at radius 1 is 1.68 bits per heavy atom. The quantitative estimate of drug-likeness (QED) is 0.397. The number of nitrogens with one attached hydrogen (secondary N) is 1. The zero-order valence-electron chi connectivity index (χ0n) is 10.9. The second-order valence-corrected chi connectivity index (χ2v) is 4.61. The van der Waals surface area contributed by atoms with Gasteiger partial charge < -0.3 is 19.9 Å². The molecule has 6 nitrogen and oxygen atoms in total. The molecule has 0 saturated carbocycles. The minimum absolute atomic E-state index is 0.0509. The van der Waals surface area contributed by atoms with Gasteiger partial charge in [-0.3, -0.25) is 9.59 Å². The molecule has 0 radical (unpaired) electrons. The molecule has 0 aromatic heterocycles. The van der Waals surface area contributed by atoms with E-state index in [2.05, 4.69) is 17.2 Å². The summed E-state index contributed by atoms with van der Waals surface area (Å²) in [7, 11) is 0. The van der Waals surface area contributed by atoms with Gasteiger partial charge in [-0.1, -0.05) is 5.92 Å². The van der Waals surface area contributed by atoms with E-state index < -0.39 is 29.6 Å². The molecule has 0 aromatic rings. The maximum atomic E-state index is 11.5. The maximum absolute atomic E-state index is 11.5. The number of rotatable bonds is 3. The van der Waals surface area contributed by atoms with E-state index in [4.69, 9.17) is 9.47 Å². The topological polar surface area (TPSA) is 84.9 Å². The molecular weight excluding hydrogens is 250 g/mol. The van der Waals surface area contributed by atoms with Crippen molar-refractivity contribution in [3.8, 4) is 11.8 Å². The van der Waals surface area contributed by atoms with Crippen molar-refractivity contribution in [2.45, 2.75) is 38.0 Å². The highest BCUT2D eigenvalue weighted by molar-refractivity contribution is 5.90. The minimum atomic E-state index is -1.04. The Kier molecular flexibility index (Phi) is 3.78. The number of carbonyl (C=O) groups is 2. The summed E-state index contributed by atoms with van der Waals surface area (Å²) in [5, 5.41) is 13.0. The number of β-lactam (4-membered cyclic amide) rings is 1. The summed E-state index contributed by atoms with van der Waals surface area (Å²) in [4.78, 5) is 22.9. The summed E-state index contributed by atoms with van der Waals surface area (Å²) in [5.41, 5.74) is -0.985. The number of esters is 1. The van der Waals surface area contributed by atoms with Crippen molar-refractivity contribution in [3.05, 3.63) is 0 Å². The zero-order valence-corrected chi connectivity index (χ0v) is 10.9. The first-order valence-electron chi connectivity index (χ1n) is 6.26. The van der Waals surface area contributed by atoms with Crippen LogP contribution in [0.3, 0.4) is 0 Å². The second-order valence-electron chi connectivity index (χ2n) is 4.61. The van der Waals surface area contributed by atoms with Crippen molar-refractivity contribution in [2.75, 3.05) is 13.2 Å². The first-order valence-corrected chi connectivity index (χ1v) is 6.26. The van der Waals surface area contributed by atoms with Crippen molar-refractivity contribution in [3.63, 3.8) is 0 Å². The number of hydrogen-bond donors (Lipinski definition) is 2. The molecule has 2 unspecified atom stereocenters. The Labute approximate surface area is 111 Å². The Balaban J connectivity index is 2.11. The van der Waals surface area contributed by atoms with Gasteiger partial charge in [-0.25, -0.2) is 0 Å². The van der Waals surface area contributed by atoms with Crippen molar-refractivity contribution in [1.82, 2.24) is 5.32 Å². The largest absolute Gasteiger partial charge is 0.466 e. The summed E-state index contributed by atoms with van der Waals surface area (Å²) < 4.78 is 10.2. The lowest BCUT2D eigenvalue weighted by molar-refractivity contribution is -0.188. The molecule has 4 atom stereocenters. The molecule has 0 spiro atoms. The minimum Gasteiger partial charge on any atom is -0.466 e. The second kappa shape index (κ2) is 5.19. The van der Waals surface area contributed by atoms with Gasteiger partial charge in [-0.2, -0.15) is 0 Å². The van der Waals surface area contributed by atoms with Crippen LogP contribution in [0.4, 0.5) is 0 Å². The molecule has 2 heterocycles. The number of carbonyl (C=O) groups excluding carboxylic acids is 2. The Morgan fingerprint density at radius 2 is 2.42 bits per heavy atom. The lowest BCUT2D eigenvalue weighted by Crippen LogP contribution is -2.79. The molecule has 2 N–H and O–H groups in total. The fraction of sp³-hybridized carbons (Fsp3) is 0.692. The van der Waals surface area contributed by atoms with E-state index >= 15 is 0 Å². The first-order chi connectivity index (χ1) is 9.05. The molecular formula is C13H17NO5. The lowest BCUT2D eigenvalue weighted by Gasteiger charge is -2.53. The third kappa shape index (κ3) is 2.20. The van der Waals surface area contributed by atoms with E-state index in [1.807, 2.05) is 0 Å². The van der Waals surface area contributed by atoms with Gasteiger partial charge in [0.25, 0.3) is 0 Å². The number of amides is 1. The number of aliphatic hydroxyl groups excluding tert-OH is 1. The molecule has 0 aliphatic carbocycles. The van der Waals surface area contributed by atoms with Crippen molar-refractivity contribution in [2.24, 2.45) is 5.92 Å². The molecule has 0 aromatic carbocycles. The van der Waals surface area contributed by atoms with Crippen molar-refractivity contribution in [1.29, 1.82) is 0 Å². The molecule has 104 valence electrons. The third-order valence-corrected chi connectivity index (χ3v) is 3.50. The number of fused-ring (bicyclic) bond motifs is 1. The molecule has 1 amide bonds. The predicted octanol–water partition coefficient (Wildman–Crippen LogP) is -0.793. The maximum Gasteiger partial charge on any atom is 0.308 e. The molecule has 2 fully saturated rings. The van der Waals surface area contributed by atoms with Gasteiger partial charge in [0.15, 0.2) is 0 Å². The van der Waals surface area contributed by atoms with E-state index in [0.717, 1.165) is 0 Å². The van der Waals surface area contributed by atoms with Gasteiger partial charge in [-0.05, 0) is 13.8 Å². The van der Waals surface area contributed by atoms with Gasteiger partial charge in [0.2, 0.25) is 5.91 Å². The number of hydrogen-bond acceptors (Lipinski definition) is 5. The van der Waals surface area contributed by atoms with Crippen LogP contribution in [0.5, 0.6) is 0 Å². The van der Waals surface area contributed by atoms with Crippen molar-refractivity contribution < 1.29 is 24.2 Å². The molecule has 19 heavy (non-hydrogen) atoms. The summed E-state index contributed by atoms with van der Waals surface area (Å²) in [6.45, 7) is 3.78. The fourth-order valence-corrected chi connectivity index (χ4v) is 2.55. The van der Waals surface area contributed by atoms with Crippen LogP contribution in [-0.4, -0.2) is 47.9 Å². The van der Waals surface area contributed by atoms with Crippen LogP contribution in [0.15, 0.2) is 0 Å². The van der Waals surface area contributed by atoms with E-state index in [1.165, 1.54) is 0 Å². The van der Waals surface area contributed by atoms with E-state index in [0.29, 0.717) is 0 Å². The van der Waals surface area contributed by atoms with E-state index in [9.17, 15) is 14.7 Å². The average Bonchev–Trinajstić information content (AvgIpc) is 2.35. The number of ether oxygens (including phenoxy) is 2. The molecule has 6 heteroatoms. The van der Waals surface area contributed by atoms with Gasteiger partial charge in [0.1, 0.15) is 11.6 Å². The monoisotopic (exact) mass is 267 g/mol. The molecule has 2 aliphatic rings.